The number of ether oxygens (including phenoxy) is 1. The first-order valence-corrected chi connectivity index (χ1v) is 12.4. The van der Waals surface area contributed by atoms with Crippen LogP contribution in [-0.2, 0) is 4.79 Å². The van der Waals surface area contributed by atoms with Crippen molar-refractivity contribution in [1.82, 2.24) is 4.90 Å². The molecule has 10 heteroatoms. The second-order valence-electron chi connectivity index (χ2n) is 8.63. The summed E-state index contributed by atoms with van der Waals surface area (Å²) in [5.74, 6) is 0.355. The smallest absolute Gasteiger partial charge is 0.292 e. The highest BCUT2D eigenvalue weighted by Gasteiger charge is 2.25. The number of nitro groups is 1. The molecule has 2 aliphatic rings. The Labute approximate surface area is 214 Å². The van der Waals surface area contributed by atoms with Gasteiger partial charge in [0.2, 0.25) is 5.91 Å². The fourth-order valence-corrected chi connectivity index (χ4v) is 5.21. The summed E-state index contributed by atoms with van der Waals surface area (Å²) in [6.45, 7) is 4.05. The lowest BCUT2D eigenvalue weighted by Crippen LogP contribution is -2.48. The lowest BCUT2D eigenvalue weighted by atomic mass is 10.1. The topological polar surface area (TPSA) is 79.2 Å². The van der Waals surface area contributed by atoms with Crippen molar-refractivity contribution in [3.63, 3.8) is 0 Å². The van der Waals surface area contributed by atoms with Crippen LogP contribution < -0.4 is 14.5 Å². The van der Waals surface area contributed by atoms with Crippen LogP contribution in [0.2, 0.25) is 10.0 Å². The maximum absolute atomic E-state index is 12.8. The van der Waals surface area contributed by atoms with E-state index in [1.807, 2.05) is 6.07 Å². The minimum atomic E-state index is -0.307. The summed E-state index contributed by atoms with van der Waals surface area (Å²) < 4.78 is 5.33. The van der Waals surface area contributed by atoms with Gasteiger partial charge in [0.1, 0.15) is 11.4 Å². The number of hydrogen-bond donors (Lipinski definition) is 0. The van der Waals surface area contributed by atoms with Crippen molar-refractivity contribution in [2.45, 2.75) is 19.3 Å². The zero-order chi connectivity index (χ0) is 24.9. The molecular weight excluding hydrogens is 491 g/mol. The zero-order valence-electron chi connectivity index (χ0n) is 19.6. The van der Waals surface area contributed by atoms with Crippen LogP contribution in [0.1, 0.15) is 24.8 Å². The van der Waals surface area contributed by atoms with Gasteiger partial charge in [-0.2, -0.15) is 0 Å². The number of anilines is 2. The first-order chi connectivity index (χ1) is 16.9. The molecule has 0 radical (unpaired) electrons. The van der Waals surface area contributed by atoms with Gasteiger partial charge >= 0.3 is 0 Å². The lowest BCUT2D eigenvalue weighted by molar-refractivity contribution is -0.384. The minimum absolute atomic E-state index is 0.111. The Morgan fingerprint density at radius 2 is 1.71 bits per heavy atom. The predicted octanol–water partition coefficient (Wildman–Crippen LogP) is 5.26. The third kappa shape index (κ3) is 5.82. The van der Waals surface area contributed by atoms with Crippen LogP contribution >= 0.6 is 23.2 Å². The van der Waals surface area contributed by atoms with E-state index in [1.165, 1.54) is 13.2 Å². The van der Waals surface area contributed by atoms with E-state index in [1.54, 1.807) is 35.2 Å². The summed E-state index contributed by atoms with van der Waals surface area (Å²) in [5.41, 5.74) is 2.40. The molecule has 0 unspecified atom stereocenters. The van der Waals surface area contributed by atoms with Crippen molar-refractivity contribution >= 4 is 52.2 Å². The number of methoxy groups -OCH3 is 1. The van der Waals surface area contributed by atoms with Crippen LogP contribution in [0.4, 0.5) is 17.1 Å². The number of piperidine rings is 1. The summed E-state index contributed by atoms with van der Waals surface area (Å²) in [5, 5.41) is 12.4. The van der Waals surface area contributed by atoms with E-state index in [-0.39, 0.29) is 16.5 Å². The molecule has 2 aromatic rings. The standard InChI is InChI=1S/C25H28Cl2N4O4/c1-35-25-18(15-19(26)16-21(25)27)5-8-24(32)30-13-11-28(12-14-30)20-6-7-22(31(33)34)23(17-20)29-9-3-2-4-10-29/h5-8,15-17H,2-4,9-14H2,1H3. The Morgan fingerprint density at radius 1 is 1.00 bits per heavy atom. The van der Waals surface area contributed by atoms with E-state index >= 15 is 0 Å². The first kappa shape index (κ1) is 25.1. The van der Waals surface area contributed by atoms with E-state index in [2.05, 4.69) is 9.80 Å². The molecule has 0 bridgehead atoms. The van der Waals surface area contributed by atoms with Crippen LogP contribution in [0, 0.1) is 10.1 Å². The highest BCUT2D eigenvalue weighted by Crippen LogP contribution is 2.35. The van der Waals surface area contributed by atoms with E-state index in [0.717, 1.165) is 38.0 Å². The Morgan fingerprint density at radius 3 is 2.37 bits per heavy atom. The molecule has 35 heavy (non-hydrogen) atoms. The van der Waals surface area contributed by atoms with Gasteiger partial charge in [-0.3, -0.25) is 14.9 Å². The number of carbonyl (C=O) groups excluding carboxylic acids is 1. The molecular formula is C25H28Cl2N4O4. The van der Waals surface area contributed by atoms with Crippen LogP contribution in [0.5, 0.6) is 5.75 Å². The number of halogens is 2. The van der Waals surface area contributed by atoms with Gasteiger partial charge in [0.05, 0.1) is 17.1 Å². The molecule has 0 aliphatic carbocycles. The largest absolute Gasteiger partial charge is 0.495 e. The SMILES string of the molecule is COc1c(Cl)cc(Cl)cc1C=CC(=O)N1CCN(c2ccc([N+](=O)[O-])c(N3CCCCC3)c2)CC1. The number of amides is 1. The second-order valence-corrected chi connectivity index (χ2v) is 9.48. The molecule has 0 atom stereocenters. The lowest BCUT2D eigenvalue weighted by Gasteiger charge is -2.36. The van der Waals surface area contributed by atoms with Crippen LogP contribution in [0.25, 0.3) is 6.08 Å². The number of rotatable bonds is 6. The van der Waals surface area contributed by atoms with Crippen LogP contribution in [0.15, 0.2) is 36.4 Å². The van der Waals surface area contributed by atoms with Gasteiger partial charge in [-0.15, -0.1) is 0 Å². The van der Waals surface area contributed by atoms with Crippen molar-refractivity contribution in [2.24, 2.45) is 0 Å². The fraction of sp³-hybridized carbons (Fsp3) is 0.400. The Bertz CT molecular complexity index is 1130. The van der Waals surface area contributed by atoms with Gasteiger partial charge < -0.3 is 19.4 Å². The number of nitro benzene ring substituents is 1. The van der Waals surface area contributed by atoms with Crippen LogP contribution in [-0.4, -0.2) is 62.1 Å². The summed E-state index contributed by atoms with van der Waals surface area (Å²) in [7, 11) is 1.52. The number of hydrogen-bond acceptors (Lipinski definition) is 6. The predicted molar refractivity (Wildman–Crippen MR) is 140 cm³/mol. The van der Waals surface area contributed by atoms with Crippen molar-refractivity contribution in [2.75, 3.05) is 56.2 Å². The third-order valence-corrected chi connectivity index (χ3v) is 6.95. The first-order valence-electron chi connectivity index (χ1n) is 11.7. The van der Waals surface area contributed by atoms with Gasteiger partial charge in [0.15, 0.2) is 0 Å². The van der Waals surface area contributed by atoms with Crippen molar-refractivity contribution in [3.8, 4) is 5.75 Å². The maximum atomic E-state index is 12.8. The normalized spacial score (nSPS) is 16.6. The van der Waals surface area contributed by atoms with E-state index in [9.17, 15) is 14.9 Å². The molecule has 4 rings (SSSR count). The molecule has 0 aromatic heterocycles. The molecule has 0 saturated carbocycles. The molecule has 2 heterocycles. The number of piperazine rings is 1. The summed E-state index contributed by atoms with van der Waals surface area (Å²) in [6.07, 6.45) is 6.41. The molecule has 186 valence electrons. The average molecular weight is 519 g/mol. The van der Waals surface area contributed by atoms with Gasteiger partial charge in [0, 0.05) is 67.7 Å². The molecule has 2 aromatic carbocycles. The average Bonchev–Trinajstić information content (AvgIpc) is 2.87. The van der Waals surface area contributed by atoms with Crippen molar-refractivity contribution in [3.05, 3.63) is 62.1 Å². The quantitative estimate of drug-likeness (QED) is 0.294. The maximum Gasteiger partial charge on any atom is 0.292 e. The van der Waals surface area contributed by atoms with Gasteiger partial charge in [-0.25, -0.2) is 0 Å². The van der Waals surface area contributed by atoms with Crippen LogP contribution in [0.3, 0.4) is 0 Å². The zero-order valence-corrected chi connectivity index (χ0v) is 21.1. The Kier molecular flexibility index (Phi) is 8.03. The number of carbonyl (C=O) groups is 1. The molecule has 2 aliphatic heterocycles. The Balaban J connectivity index is 1.43. The fourth-order valence-electron chi connectivity index (χ4n) is 4.62. The highest BCUT2D eigenvalue weighted by molar-refractivity contribution is 6.36. The monoisotopic (exact) mass is 518 g/mol. The summed E-state index contributed by atoms with van der Waals surface area (Å²) in [4.78, 5) is 30.2. The molecule has 2 fully saturated rings. The Hall–Kier alpha value is -2.97. The molecule has 0 N–H and O–H groups in total. The van der Waals surface area contributed by atoms with Crippen molar-refractivity contribution in [1.29, 1.82) is 0 Å². The highest BCUT2D eigenvalue weighted by atomic mass is 35.5. The molecule has 0 spiro atoms. The summed E-state index contributed by atoms with van der Waals surface area (Å²) >= 11 is 12.3. The second kappa shape index (κ2) is 11.2. The van der Waals surface area contributed by atoms with E-state index in [0.29, 0.717) is 53.2 Å². The van der Waals surface area contributed by atoms with Crippen molar-refractivity contribution < 1.29 is 14.5 Å². The van der Waals surface area contributed by atoms with Gasteiger partial charge in [-0.05, 0) is 49.6 Å². The molecule has 2 saturated heterocycles. The molecule has 8 nitrogen and oxygen atoms in total. The van der Waals surface area contributed by atoms with Gasteiger partial charge in [-0.1, -0.05) is 23.2 Å². The molecule has 1 amide bonds. The number of nitrogens with zero attached hydrogens (tertiary/aromatic N) is 4. The third-order valence-electron chi connectivity index (χ3n) is 6.46. The minimum Gasteiger partial charge on any atom is -0.495 e. The van der Waals surface area contributed by atoms with E-state index in [4.69, 9.17) is 27.9 Å². The van der Waals surface area contributed by atoms with Gasteiger partial charge in [0.25, 0.3) is 5.69 Å². The van der Waals surface area contributed by atoms with E-state index < -0.39 is 0 Å². The summed E-state index contributed by atoms with van der Waals surface area (Å²) in [6, 6.07) is 8.62. The number of benzene rings is 2.